The lowest BCUT2D eigenvalue weighted by Gasteiger charge is -2.08. The number of amides is 1. The molecule has 3 aromatic rings. The van der Waals surface area contributed by atoms with E-state index >= 15 is 0 Å². The van der Waals surface area contributed by atoms with Crippen LogP contribution < -0.4 is 11.0 Å². The first-order valence-corrected chi connectivity index (χ1v) is 7.98. The van der Waals surface area contributed by atoms with Crippen molar-refractivity contribution < 1.29 is 9.18 Å². The molecule has 0 aliphatic heterocycles. The van der Waals surface area contributed by atoms with Crippen molar-refractivity contribution in [2.75, 3.05) is 6.54 Å². The number of carbonyl (C=O) groups is 1. The summed E-state index contributed by atoms with van der Waals surface area (Å²) in [6, 6.07) is 15.6. The standard InChI is InChI=1S/C19H18FN3O2/c20-16-8-6-14(7-9-16)10-11-21-18(24)17-12-22-19(25)23(17)13-15-4-2-1-3-5-15/h1-9,12H,10-11,13H2,(H,21,24)(H,22,25). The number of halogens is 1. The van der Waals surface area contributed by atoms with Crippen molar-refractivity contribution in [3.63, 3.8) is 0 Å². The van der Waals surface area contributed by atoms with Crippen molar-refractivity contribution in [1.82, 2.24) is 14.9 Å². The molecule has 3 rings (SSSR count). The zero-order valence-electron chi connectivity index (χ0n) is 13.5. The maximum atomic E-state index is 12.9. The van der Waals surface area contributed by atoms with E-state index in [1.807, 2.05) is 30.3 Å². The summed E-state index contributed by atoms with van der Waals surface area (Å²) >= 11 is 0. The summed E-state index contributed by atoms with van der Waals surface area (Å²) in [5.74, 6) is -0.610. The van der Waals surface area contributed by atoms with Gasteiger partial charge in [-0.1, -0.05) is 42.5 Å². The van der Waals surface area contributed by atoms with Crippen LogP contribution in [0, 0.1) is 5.82 Å². The molecule has 1 amide bonds. The molecule has 1 aromatic heterocycles. The summed E-state index contributed by atoms with van der Waals surface area (Å²) in [6.07, 6.45) is 2.00. The molecule has 2 N–H and O–H groups in total. The van der Waals surface area contributed by atoms with Gasteiger partial charge in [0.25, 0.3) is 5.91 Å². The van der Waals surface area contributed by atoms with Crippen molar-refractivity contribution >= 4 is 5.91 Å². The fourth-order valence-corrected chi connectivity index (χ4v) is 2.57. The molecule has 0 bridgehead atoms. The smallest absolute Gasteiger partial charge is 0.326 e. The van der Waals surface area contributed by atoms with E-state index in [1.165, 1.54) is 22.9 Å². The van der Waals surface area contributed by atoms with Crippen LogP contribution in [0.15, 0.2) is 65.6 Å². The van der Waals surface area contributed by atoms with Crippen molar-refractivity contribution in [3.8, 4) is 0 Å². The molecular formula is C19H18FN3O2. The summed E-state index contributed by atoms with van der Waals surface area (Å²) in [5.41, 5.74) is 1.82. The fraction of sp³-hybridized carbons (Fsp3) is 0.158. The zero-order valence-corrected chi connectivity index (χ0v) is 13.5. The van der Waals surface area contributed by atoms with Crippen LogP contribution in [0.5, 0.6) is 0 Å². The molecule has 0 aliphatic rings. The third kappa shape index (κ3) is 4.23. The van der Waals surface area contributed by atoms with Crippen LogP contribution in [0.4, 0.5) is 4.39 Å². The lowest BCUT2D eigenvalue weighted by molar-refractivity contribution is 0.0945. The van der Waals surface area contributed by atoms with Gasteiger partial charge >= 0.3 is 5.69 Å². The minimum atomic E-state index is -0.326. The Morgan fingerprint density at radius 1 is 1.04 bits per heavy atom. The van der Waals surface area contributed by atoms with E-state index in [0.29, 0.717) is 19.5 Å². The second kappa shape index (κ2) is 7.61. The van der Waals surface area contributed by atoms with E-state index in [9.17, 15) is 14.0 Å². The topological polar surface area (TPSA) is 66.9 Å². The molecule has 2 aromatic carbocycles. The van der Waals surface area contributed by atoms with E-state index < -0.39 is 0 Å². The minimum absolute atomic E-state index is 0.285. The Bertz CT molecular complexity index is 898. The second-order valence-corrected chi connectivity index (χ2v) is 5.68. The molecule has 128 valence electrons. The highest BCUT2D eigenvalue weighted by Gasteiger charge is 2.14. The molecule has 0 aliphatic carbocycles. The Labute approximate surface area is 144 Å². The highest BCUT2D eigenvalue weighted by atomic mass is 19.1. The first-order chi connectivity index (χ1) is 12.1. The van der Waals surface area contributed by atoms with Gasteiger partial charge in [-0.3, -0.25) is 9.36 Å². The summed E-state index contributed by atoms with van der Waals surface area (Å²) in [4.78, 5) is 26.9. The largest absolute Gasteiger partial charge is 0.350 e. The summed E-state index contributed by atoms with van der Waals surface area (Å²) in [7, 11) is 0. The van der Waals surface area contributed by atoms with Crippen LogP contribution in [-0.2, 0) is 13.0 Å². The SMILES string of the molecule is O=C(NCCc1ccc(F)cc1)c1c[nH]c(=O)n1Cc1ccccc1. The molecule has 6 heteroatoms. The average Bonchev–Trinajstić information content (AvgIpc) is 2.98. The van der Waals surface area contributed by atoms with Crippen molar-refractivity contribution in [1.29, 1.82) is 0 Å². The first-order valence-electron chi connectivity index (χ1n) is 7.98. The molecule has 5 nitrogen and oxygen atoms in total. The third-order valence-electron chi connectivity index (χ3n) is 3.90. The molecule has 0 saturated heterocycles. The van der Waals surface area contributed by atoms with Gasteiger partial charge in [0.1, 0.15) is 11.5 Å². The van der Waals surface area contributed by atoms with Crippen LogP contribution in [0.3, 0.4) is 0 Å². The number of H-pyrrole nitrogens is 1. The number of aromatic nitrogens is 2. The van der Waals surface area contributed by atoms with Gasteiger partial charge < -0.3 is 10.3 Å². The molecule has 0 atom stereocenters. The number of nitrogens with zero attached hydrogens (tertiary/aromatic N) is 1. The highest BCUT2D eigenvalue weighted by molar-refractivity contribution is 5.92. The van der Waals surface area contributed by atoms with Gasteiger partial charge in [0.2, 0.25) is 0 Å². The molecule has 0 saturated carbocycles. The van der Waals surface area contributed by atoms with Gasteiger partial charge in [-0.15, -0.1) is 0 Å². The number of imidazole rings is 1. The summed E-state index contributed by atoms with van der Waals surface area (Å²) in [5, 5.41) is 2.79. The monoisotopic (exact) mass is 339 g/mol. The molecule has 25 heavy (non-hydrogen) atoms. The Hall–Kier alpha value is -3.15. The number of benzene rings is 2. The molecule has 0 radical (unpaired) electrons. The van der Waals surface area contributed by atoms with Gasteiger partial charge in [0.05, 0.1) is 6.54 Å². The minimum Gasteiger partial charge on any atom is -0.350 e. The van der Waals surface area contributed by atoms with Crippen LogP contribution in [0.25, 0.3) is 0 Å². The number of aromatic amines is 1. The molecular weight excluding hydrogens is 321 g/mol. The van der Waals surface area contributed by atoms with E-state index in [-0.39, 0.29) is 23.1 Å². The lowest BCUT2D eigenvalue weighted by Crippen LogP contribution is -2.30. The van der Waals surface area contributed by atoms with Gasteiger partial charge in [0, 0.05) is 12.7 Å². The molecule has 0 fully saturated rings. The molecule has 0 unspecified atom stereocenters. The molecule has 0 spiro atoms. The van der Waals surface area contributed by atoms with Crippen LogP contribution in [0.2, 0.25) is 0 Å². The Morgan fingerprint density at radius 2 is 1.76 bits per heavy atom. The van der Waals surface area contributed by atoms with Crippen LogP contribution in [-0.4, -0.2) is 22.0 Å². The van der Waals surface area contributed by atoms with Crippen LogP contribution in [0.1, 0.15) is 21.6 Å². The quantitative estimate of drug-likeness (QED) is 0.724. The zero-order chi connectivity index (χ0) is 17.6. The highest BCUT2D eigenvalue weighted by Crippen LogP contribution is 2.05. The predicted molar refractivity (Wildman–Crippen MR) is 93.0 cm³/mol. The predicted octanol–water partition coefficient (Wildman–Crippen LogP) is 2.34. The summed E-state index contributed by atoms with van der Waals surface area (Å²) < 4.78 is 14.3. The number of carbonyl (C=O) groups excluding carboxylic acids is 1. The molecule has 1 heterocycles. The van der Waals surface area contributed by atoms with Crippen LogP contribution >= 0.6 is 0 Å². The van der Waals surface area contributed by atoms with Gasteiger partial charge in [-0.05, 0) is 29.7 Å². The van der Waals surface area contributed by atoms with Crippen molar-refractivity contribution in [3.05, 3.63) is 93.9 Å². The summed E-state index contributed by atoms with van der Waals surface area (Å²) in [6.45, 7) is 0.721. The number of hydrogen-bond donors (Lipinski definition) is 2. The Balaban J connectivity index is 1.64. The average molecular weight is 339 g/mol. The van der Waals surface area contributed by atoms with Gasteiger partial charge in [-0.2, -0.15) is 0 Å². The van der Waals surface area contributed by atoms with Gasteiger partial charge in [0.15, 0.2) is 0 Å². The van der Waals surface area contributed by atoms with E-state index in [4.69, 9.17) is 0 Å². The second-order valence-electron chi connectivity index (χ2n) is 5.68. The van der Waals surface area contributed by atoms with E-state index in [0.717, 1.165) is 11.1 Å². The Morgan fingerprint density at radius 3 is 2.48 bits per heavy atom. The number of rotatable bonds is 6. The maximum Gasteiger partial charge on any atom is 0.326 e. The Kier molecular flexibility index (Phi) is 5.09. The normalized spacial score (nSPS) is 10.6. The number of nitrogens with one attached hydrogen (secondary N) is 2. The van der Waals surface area contributed by atoms with E-state index in [1.54, 1.807) is 12.1 Å². The number of hydrogen-bond acceptors (Lipinski definition) is 2. The van der Waals surface area contributed by atoms with Crippen molar-refractivity contribution in [2.45, 2.75) is 13.0 Å². The van der Waals surface area contributed by atoms with E-state index in [2.05, 4.69) is 10.3 Å². The van der Waals surface area contributed by atoms with Gasteiger partial charge in [-0.25, -0.2) is 9.18 Å². The van der Waals surface area contributed by atoms with Crippen molar-refractivity contribution in [2.24, 2.45) is 0 Å². The third-order valence-corrected chi connectivity index (χ3v) is 3.90. The first kappa shape index (κ1) is 16.7. The fourth-order valence-electron chi connectivity index (χ4n) is 2.57. The lowest BCUT2D eigenvalue weighted by atomic mass is 10.1. The maximum absolute atomic E-state index is 12.9.